The van der Waals surface area contributed by atoms with Gasteiger partial charge in [-0.1, -0.05) is 25.6 Å². The molecule has 0 aliphatic heterocycles. The van der Waals surface area contributed by atoms with Gasteiger partial charge < -0.3 is 0 Å². The first-order chi connectivity index (χ1) is 7.31. The molecule has 2 rings (SSSR count). The Kier molecular flexibility index (Phi) is 2.91. The van der Waals surface area contributed by atoms with Crippen molar-refractivity contribution in [2.45, 2.75) is 19.8 Å². The van der Waals surface area contributed by atoms with Crippen LogP contribution in [0, 0.1) is 4.64 Å². The second-order valence-corrected chi connectivity index (χ2v) is 3.69. The van der Waals surface area contributed by atoms with Crippen molar-refractivity contribution < 1.29 is 0 Å². The van der Waals surface area contributed by atoms with Gasteiger partial charge >= 0.3 is 0 Å². The second kappa shape index (κ2) is 4.35. The van der Waals surface area contributed by atoms with Crippen molar-refractivity contribution in [3.05, 3.63) is 35.0 Å². The predicted molar refractivity (Wildman–Crippen MR) is 60.5 cm³/mol. The van der Waals surface area contributed by atoms with Gasteiger partial charge in [0.05, 0.1) is 0 Å². The standard InChI is InChI=1S/C10H12N4S/c1-2-3-8-6-10(15)14(13-8)9-4-5-11-7-12-9/h4-7,13H,2-3H2,1H3. The molecule has 5 heteroatoms. The highest BCUT2D eigenvalue weighted by atomic mass is 32.1. The van der Waals surface area contributed by atoms with Gasteiger partial charge in [-0.2, -0.15) is 0 Å². The Labute approximate surface area is 93.0 Å². The van der Waals surface area contributed by atoms with Crippen LogP contribution in [0.3, 0.4) is 0 Å². The summed E-state index contributed by atoms with van der Waals surface area (Å²) in [6, 6.07) is 3.79. The summed E-state index contributed by atoms with van der Waals surface area (Å²) in [5.74, 6) is 0.775. The first-order valence-corrected chi connectivity index (χ1v) is 5.29. The zero-order chi connectivity index (χ0) is 10.7. The molecule has 0 aliphatic rings. The molecule has 2 aromatic rings. The Bertz CT molecular complexity index is 486. The monoisotopic (exact) mass is 220 g/mol. The Morgan fingerprint density at radius 3 is 3.07 bits per heavy atom. The fraction of sp³-hybridized carbons (Fsp3) is 0.300. The maximum Gasteiger partial charge on any atom is 0.156 e. The van der Waals surface area contributed by atoms with Crippen molar-refractivity contribution in [2.24, 2.45) is 0 Å². The fourth-order valence-corrected chi connectivity index (χ4v) is 1.71. The molecule has 0 aromatic carbocycles. The van der Waals surface area contributed by atoms with E-state index in [4.69, 9.17) is 12.2 Å². The number of aromatic amines is 1. The minimum absolute atomic E-state index is 0.747. The number of H-pyrrole nitrogens is 1. The topological polar surface area (TPSA) is 46.5 Å². The lowest BCUT2D eigenvalue weighted by Crippen LogP contribution is -2.00. The van der Waals surface area contributed by atoms with Crippen LogP contribution in [0.5, 0.6) is 0 Å². The molecular formula is C10H12N4S. The van der Waals surface area contributed by atoms with Gasteiger partial charge in [0, 0.05) is 18.0 Å². The number of nitrogens with zero attached hydrogens (tertiary/aromatic N) is 3. The van der Waals surface area contributed by atoms with Gasteiger partial charge in [0.2, 0.25) is 0 Å². The normalized spacial score (nSPS) is 10.5. The molecule has 0 unspecified atom stereocenters. The molecular weight excluding hydrogens is 208 g/mol. The summed E-state index contributed by atoms with van der Waals surface area (Å²) in [6.45, 7) is 2.14. The van der Waals surface area contributed by atoms with E-state index in [-0.39, 0.29) is 0 Å². The second-order valence-electron chi connectivity index (χ2n) is 3.27. The smallest absolute Gasteiger partial charge is 0.156 e. The van der Waals surface area contributed by atoms with E-state index in [9.17, 15) is 0 Å². The average Bonchev–Trinajstić information content (AvgIpc) is 2.61. The quantitative estimate of drug-likeness (QED) is 0.807. The van der Waals surface area contributed by atoms with Crippen LogP contribution < -0.4 is 0 Å². The number of aromatic nitrogens is 4. The summed E-state index contributed by atoms with van der Waals surface area (Å²) in [4.78, 5) is 8.01. The van der Waals surface area contributed by atoms with Gasteiger partial charge in [-0.3, -0.25) is 5.10 Å². The van der Waals surface area contributed by atoms with Gasteiger partial charge in [0.25, 0.3) is 0 Å². The van der Waals surface area contributed by atoms with Crippen molar-refractivity contribution >= 4 is 12.2 Å². The molecule has 0 fully saturated rings. The average molecular weight is 220 g/mol. The maximum absolute atomic E-state index is 5.24. The van der Waals surface area contributed by atoms with Crippen LogP contribution >= 0.6 is 12.2 Å². The van der Waals surface area contributed by atoms with E-state index in [2.05, 4.69) is 22.0 Å². The van der Waals surface area contributed by atoms with E-state index in [0.717, 1.165) is 29.0 Å². The van der Waals surface area contributed by atoms with E-state index in [1.165, 1.54) is 6.33 Å². The van der Waals surface area contributed by atoms with Crippen LogP contribution in [0.4, 0.5) is 0 Å². The van der Waals surface area contributed by atoms with Crippen LogP contribution in [0.1, 0.15) is 19.0 Å². The molecule has 2 heterocycles. The van der Waals surface area contributed by atoms with Crippen molar-refractivity contribution in [3.8, 4) is 5.82 Å². The van der Waals surface area contributed by atoms with E-state index < -0.39 is 0 Å². The van der Waals surface area contributed by atoms with Crippen LogP contribution in [-0.4, -0.2) is 19.7 Å². The highest BCUT2D eigenvalue weighted by Crippen LogP contribution is 2.07. The minimum Gasteiger partial charge on any atom is -0.296 e. The number of hydrogen-bond acceptors (Lipinski definition) is 3. The molecule has 0 saturated carbocycles. The molecule has 0 atom stereocenters. The molecule has 2 aromatic heterocycles. The first-order valence-electron chi connectivity index (χ1n) is 4.88. The third kappa shape index (κ3) is 2.12. The van der Waals surface area contributed by atoms with E-state index >= 15 is 0 Å². The summed E-state index contributed by atoms with van der Waals surface area (Å²) in [7, 11) is 0. The summed E-state index contributed by atoms with van der Waals surface area (Å²) < 4.78 is 2.54. The van der Waals surface area contributed by atoms with Crippen molar-refractivity contribution in [1.82, 2.24) is 19.7 Å². The lowest BCUT2D eigenvalue weighted by atomic mass is 10.3. The predicted octanol–water partition coefficient (Wildman–Crippen LogP) is 2.28. The zero-order valence-electron chi connectivity index (χ0n) is 8.47. The van der Waals surface area contributed by atoms with E-state index in [0.29, 0.717) is 0 Å². The van der Waals surface area contributed by atoms with E-state index in [1.54, 1.807) is 10.9 Å². The Hall–Kier alpha value is -1.49. The SMILES string of the molecule is CCCc1cc(=S)n(-c2ccncn2)[nH]1. The van der Waals surface area contributed by atoms with Crippen molar-refractivity contribution in [3.63, 3.8) is 0 Å². The van der Waals surface area contributed by atoms with E-state index in [1.807, 2.05) is 12.1 Å². The summed E-state index contributed by atoms with van der Waals surface area (Å²) in [5.41, 5.74) is 1.14. The highest BCUT2D eigenvalue weighted by molar-refractivity contribution is 7.71. The Morgan fingerprint density at radius 2 is 2.40 bits per heavy atom. The highest BCUT2D eigenvalue weighted by Gasteiger charge is 2.02. The zero-order valence-corrected chi connectivity index (χ0v) is 9.29. The van der Waals surface area contributed by atoms with Crippen LogP contribution in [-0.2, 0) is 6.42 Å². The molecule has 1 N–H and O–H groups in total. The number of rotatable bonds is 3. The molecule has 0 bridgehead atoms. The third-order valence-electron chi connectivity index (χ3n) is 2.09. The van der Waals surface area contributed by atoms with Gasteiger partial charge in [-0.15, -0.1) is 0 Å². The minimum atomic E-state index is 0.747. The largest absolute Gasteiger partial charge is 0.296 e. The number of hydrogen-bond donors (Lipinski definition) is 1. The van der Waals surface area contributed by atoms with Crippen molar-refractivity contribution in [1.29, 1.82) is 0 Å². The lowest BCUT2D eigenvalue weighted by molar-refractivity contribution is 0.782. The van der Waals surface area contributed by atoms with Crippen molar-refractivity contribution in [2.75, 3.05) is 0 Å². The molecule has 0 saturated heterocycles. The molecule has 0 radical (unpaired) electrons. The van der Waals surface area contributed by atoms with Crippen LogP contribution in [0.2, 0.25) is 0 Å². The first kappa shape index (κ1) is 10.0. The molecule has 0 spiro atoms. The van der Waals surface area contributed by atoms with Gasteiger partial charge in [-0.05, 0) is 12.5 Å². The van der Waals surface area contributed by atoms with Gasteiger partial charge in [0.15, 0.2) is 5.82 Å². The maximum atomic E-state index is 5.24. The molecule has 0 aliphatic carbocycles. The molecule has 78 valence electrons. The molecule has 0 amide bonds. The third-order valence-corrected chi connectivity index (χ3v) is 2.39. The summed E-state index contributed by atoms with van der Waals surface area (Å²) >= 11 is 5.24. The van der Waals surface area contributed by atoms with Gasteiger partial charge in [0.1, 0.15) is 11.0 Å². The van der Waals surface area contributed by atoms with Crippen LogP contribution in [0.15, 0.2) is 24.7 Å². The summed E-state index contributed by atoms with van der Waals surface area (Å²) in [6.07, 6.45) is 5.31. The fourth-order valence-electron chi connectivity index (χ4n) is 1.43. The number of aryl methyl sites for hydroxylation is 1. The molecule has 4 nitrogen and oxygen atoms in total. The summed E-state index contributed by atoms with van der Waals surface area (Å²) in [5, 5.41) is 3.22. The lowest BCUT2D eigenvalue weighted by Gasteiger charge is -2.00. The number of nitrogens with one attached hydrogen (secondary N) is 1. The van der Waals surface area contributed by atoms with Gasteiger partial charge in [-0.25, -0.2) is 14.6 Å². The van der Waals surface area contributed by atoms with Crippen LogP contribution in [0.25, 0.3) is 5.82 Å². The Morgan fingerprint density at radius 1 is 1.53 bits per heavy atom. The molecule has 15 heavy (non-hydrogen) atoms. The Balaban J connectivity index is 2.41.